The van der Waals surface area contributed by atoms with Gasteiger partial charge in [0.25, 0.3) is 5.91 Å². The van der Waals surface area contributed by atoms with E-state index in [1.807, 2.05) is 35.0 Å². The summed E-state index contributed by atoms with van der Waals surface area (Å²) in [6.45, 7) is 0.0746. The van der Waals surface area contributed by atoms with Crippen LogP contribution in [0, 0.1) is 0 Å². The van der Waals surface area contributed by atoms with E-state index in [9.17, 15) is 9.90 Å². The van der Waals surface area contributed by atoms with Crippen molar-refractivity contribution in [1.29, 1.82) is 0 Å². The predicted molar refractivity (Wildman–Crippen MR) is 90.4 cm³/mol. The van der Waals surface area contributed by atoms with Gasteiger partial charge in [0, 0.05) is 9.75 Å². The number of nitrogens with one attached hydrogen (secondary N) is 1. The molecule has 2 N–H and O–H groups in total. The van der Waals surface area contributed by atoms with Crippen LogP contribution in [-0.2, 0) is 5.60 Å². The van der Waals surface area contributed by atoms with Crippen LogP contribution >= 0.6 is 38.6 Å². The minimum atomic E-state index is -1.23. The molecule has 0 aromatic carbocycles. The van der Waals surface area contributed by atoms with E-state index in [1.54, 1.807) is 12.1 Å². The average Bonchev–Trinajstić information content (AvgIpc) is 3.24. The van der Waals surface area contributed by atoms with E-state index in [1.165, 1.54) is 22.7 Å². The second-order valence-electron chi connectivity index (χ2n) is 4.60. The van der Waals surface area contributed by atoms with E-state index in [-0.39, 0.29) is 18.2 Å². The van der Waals surface area contributed by atoms with Gasteiger partial charge in [0.1, 0.15) is 5.60 Å². The van der Waals surface area contributed by atoms with Crippen LogP contribution in [0.15, 0.2) is 56.2 Å². The molecule has 1 amide bonds. The van der Waals surface area contributed by atoms with E-state index >= 15 is 0 Å². The maximum atomic E-state index is 12.1. The first-order valence-corrected chi connectivity index (χ1v) is 8.99. The zero-order chi connectivity index (χ0) is 15.6. The Morgan fingerprint density at radius 1 is 1.18 bits per heavy atom. The van der Waals surface area contributed by atoms with Crippen LogP contribution < -0.4 is 5.32 Å². The quantitative estimate of drug-likeness (QED) is 0.687. The fourth-order valence-corrected chi connectivity index (χ4v) is 4.10. The summed E-state index contributed by atoms with van der Waals surface area (Å²) in [5.74, 6) is -0.163. The zero-order valence-electron chi connectivity index (χ0n) is 11.3. The summed E-state index contributed by atoms with van der Waals surface area (Å²) in [6, 6.07) is 10.7. The van der Waals surface area contributed by atoms with Crippen molar-refractivity contribution >= 4 is 44.5 Å². The molecule has 0 atom stereocenters. The van der Waals surface area contributed by atoms with Crippen molar-refractivity contribution in [3.05, 3.63) is 67.3 Å². The normalized spacial score (nSPS) is 11.5. The molecule has 3 aromatic heterocycles. The Bertz CT molecular complexity index is 715. The lowest BCUT2D eigenvalue weighted by Crippen LogP contribution is -2.40. The summed E-state index contributed by atoms with van der Waals surface area (Å²) in [7, 11) is 0. The van der Waals surface area contributed by atoms with E-state index in [0.29, 0.717) is 4.67 Å². The van der Waals surface area contributed by atoms with Crippen LogP contribution in [0.1, 0.15) is 20.3 Å². The lowest BCUT2D eigenvalue weighted by atomic mass is 10.00. The third-order valence-corrected chi connectivity index (χ3v) is 5.63. The summed E-state index contributed by atoms with van der Waals surface area (Å²) >= 11 is 6.07. The molecular formula is C15H12BrNO3S2. The number of hydrogen-bond acceptors (Lipinski definition) is 5. The first-order valence-electron chi connectivity index (χ1n) is 6.43. The second-order valence-corrected chi connectivity index (χ2v) is 7.28. The minimum absolute atomic E-state index is 0.0746. The summed E-state index contributed by atoms with van der Waals surface area (Å²) < 4.78 is 5.71. The van der Waals surface area contributed by atoms with Gasteiger partial charge in [-0.15, -0.1) is 22.7 Å². The summed E-state index contributed by atoms with van der Waals surface area (Å²) in [6.07, 6.45) is 0. The molecule has 0 saturated carbocycles. The Balaban J connectivity index is 1.81. The number of aliphatic hydroxyl groups is 1. The number of carbonyl (C=O) groups excluding carboxylic acids is 1. The molecule has 22 heavy (non-hydrogen) atoms. The van der Waals surface area contributed by atoms with Gasteiger partial charge in [0.05, 0.1) is 6.54 Å². The SMILES string of the molecule is O=C(NCC(O)(c1cccs1)c1cccs1)c1ccc(Br)o1. The second kappa shape index (κ2) is 6.37. The van der Waals surface area contributed by atoms with Crippen LogP contribution in [-0.4, -0.2) is 17.6 Å². The van der Waals surface area contributed by atoms with E-state index in [4.69, 9.17) is 4.42 Å². The molecule has 114 valence electrons. The van der Waals surface area contributed by atoms with Gasteiger partial charge >= 0.3 is 0 Å². The monoisotopic (exact) mass is 397 g/mol. The molecule has 3 rings (SSSR count). The van der Waals surface area contributed by atoms with Crippen LogP contribution in [0.2, 0.25) is 0 Å². The lowest BCUT2D eigenvalue weighted by Gasteiger charge is -2.26. The highest BCUT2D eigenvalue weighted by molar-refractivity contribution is 9.10. The number of hydrogen-bond donors (Lipinski definition) is 2. The molecule has 0 spiro atoms. The lowest BCUT2D eigenvalue weighted by molar-refractivity contribution is 0.0722. The average molecular weight is 398 g/mol. The number of thiophene rings is 2. The van der Waals surface area contributed by atoms with Gasteiger partial charge in [-0.05, 0) is 51.0 Å². The topological polar surface area (TPSA) is 62.5 Å². The highest BCUT2D eigenvalue weighted by Gasteiger charge is 2.34. The van der Waals surface area contributed by atoms with Gasteiger partial charge in [-0.25, -0.2) is 0 Å². The van der Waals surface area contributed by atoms with Crippen LogP contribution in [0.4, 0.5) is 0 Å². The zero-order valence-corrected chi connectivity index (χ0v) is 14.5. The Hall–Kier alpha value is -1.41. The summed E-state index contributed by atoms with van der Waals surface area (Å²) in [4.78, 5) is 13.7. The summed E-state index contributed by atoms with van der Waals surface area (Å²) in [5.41, 5.74) is -1.23. The molecule has 7 heteroatoms. The number of halogens is 1. The predicted octanol–water partition coefficient (Wildman–Crippen LogP) is 3.83. The molecule has 4 nitrogen and oxygen atoms in total. The fourth-order valence-electron chi connectivity index (χ4n) is 2.06. The largest absolute Gasteiger partial charge is 0.444 e. The third kappa shape index (κ3) is 3.03. The van der Waals surface area contributed by atoms with Crippen molar-refractivity contribution in [2.24, 2.45) is 0 Å². The Morgan fingerprint density at radius 3 is 2.27 bits per heavy atom. The maximum absolute atomic E-state index is 12.1. The van der Waals surface area contributed by atoms with Gasteiger partial charge in [0.15, 0.2) is 10.4 Å². The van der Waals surface area contributed by atoms with E-state index in [0.717, 1.165) is 9.75 Å². The highest BCUT2D eigenvalue weighted by atomic mass is 79.9. The number of furan rings is 1. The fraction of sp³-hybridized carbons (Fsp3) is 0.133. The van der Waals surface area contributed by atoms with Gasteiger partial charge < -0.3 is 14.8 Å². The molecule has 0 fully saturated rings. The molecule has 3 heterocycles. The highest BCUT2D eigenvalue weighted by Crippen LogP contribution is 2.35. The van der Waals surface area contributed by atoms with Crippen molar-refractivity contribution in [3.8, 4) is 0 Å². The third-order valence-electron chi connectivity index (χ3n) is 3.16. The molecule has 0 aliphatic rings. The van der Waals surface area contributed by atoms with Crippen molar-refractivity contribution in [2.45, 2.75) is 5.60 Å². The first-order chi connectivity index (χ1) is 10.6. The summed E-state index contributed by atoms with van der Waals surface area (Å²) in [5, 5.41) is 17.6. The maximum Gasteiger partial charge on any atom is 0.287 e. The minimum Gasteiger partial charge on any atom is -0.444 e. The standard InChI is InChI=1S/C15H12BrNO3S2/c16-13-6-5-10(20-13)14(18)17-9-15(19,11-3-1-7-21-11)12-4-2-8-22-12/h1-8,19H,9H2,(H,17,18). The van der Waals surface area contributed by atoms with Gasteiger partial charge in [-0.1, -0.05) is 12.1 Å². The van der Waals surface area contributed by atoms with E-state index < -0.39 is 5.60 Å². The molecule has 0 radical (unpaired) electrons. The van der Waals surface area contributed by atoms with E-state index in [2.05, 4.69) is 21.2 Å². The van der Waals surface area contributed by atoms with Gasteiger partial charge in [-0.3, -0.25) is 4.79 Å². The van der Waals surface area contributed by atoms with Crippen molar-refractivity contribution in [2.75, 3.05) is 6.54 Å². The molecular weight excluding hydrogens is 386 g/mol. The first kappa shape index (κ1) is 15.5. The number of carbonyl (C=O) groups is 1. The number of rotatable bonds is 5. The van der Waals surface area contributed by atoms with Crippen molar-refractivity contribution in [3.63, 3.8) is 0 Å². The van der Waals surface area contributed by atoms with Gasteiger partial charge in [0.2, 0.25) is 0 Å². The Labute approximate surface area is 143 Å². The molecule has 0 aliphatic carbocycles. The smallest absolute Gasteiger partial charge is 0.287 e. The molecule has 3 aromatic rings. The van der Waals surface area contributed by atoms with Crippen LogP contribution in [0.25, 0.3) is 0 Å². The number of amides is 1. The van der Waals surface area contributed by atoms with Crippen molar-refractivity contribution in [1.82, 2.24) is 5.32 Å². The Kier molecular flexibility index (Phi) is 4.49. The Morgan fingerprint density at radius 2 is 1.82 bits per heavy atom. The van der Waals surface area contributed by atoms with Crippen LogP contribution in [0.3, 0.4) is 0 Å². The molecule has 0 aliphatic heterocycles. The van der Waals surface area contributed by atoms with Crippen LogP contribution in [0.5, 0.6) is 0 Å². The van der Waals surface area contributed by atoms with Gasteiger partial charge in [-0.2, -0.15) is 0 Å². The molecule has 0 saturated heterocycles. The van der Waals surface area contributed by atoms with Crippen molar-refractivity contribution < 1.29 is 14.3 Å². The molecule has 0 unspecified atom stereocenters. The molecule has 0 bridgehead atoms.